The van der Waals surface area contributed by atoms with E-state index in [4.69, 9.17) is 9.97 Å². The Morgan fingerprint density at radius 2 is 0.714 bits per heavy atom. The minimum atomic E-state index is -0.164. The predicted molar refractivity (Wildman–Crippen MR) is 265 cm³/mol. The van der Waals surface area contributed by atoms with Crippen molar-refractivity contribution < 1.29 is 0 Å². The summed E-state index contributed by atoms with van der Waals surface area (Å²) in [7, 11) is 0. The zero-order valence-corrected chi connectivity index (χ0v) is 35.2. The number of hydrogen-bond donors (Lipinski definition) is 0. The van der Waals surface area contributed by atoms with Crippen LogP contribution in [0.15, 0.2) is 218 Å². The van der Waals surface area contributed by atoms with Gasteiger partial charge in [-0.3, -0.25) is 0 Å². The lowest BCUT2D eigenvalue weighted by atomic mass is 9.77. The Labute approximate surface area is 367 Å². The zero-order valence-electron chi connectivity index (χ0n) is 35.2. The third kappa shape index (κ3) is 6.09. The van der Waals surface area contributed by atoms with Crippen LogP contribution in [0.1, 0.15) is 25.0 Å². The molecule has 0 N–H and O–H groups in total. The van der Waals surface area contributed by atoms with Gasteiger partial charge in [0.05, 0.1) is 11.4 Å². The molecule has 0 spiro atoms. The fourth-order valence-corrected chi connectivity index (χ4v) is 10.2. The van der Waals surface area contributed by atoms with Crippen molar-refractivity contribution in [2.45, 2.75) is 19.3 Å². The molecule has 63 heavy (non-hydrogen) atoms. The molecule has 11 aromatic rings. The molecule has 2 heteroatoms. The van der Waals surface area contributed by atoms with Gasteiger partial charge in [0.1, 0.15) is 0 Å². The Bertz CT molecular complexity index is 3570. The molecule has 2 nitrogen and oxygen atoms in total. The van der Waals surface area contributed by atoms with Crippen LogP contribution in [0.5, 0.6) is 0 Å². The van der Waals surface area contributed by atoms with Crippen molar-refractivity contribution in [3.8, 4) is 78.4 Å². The number of nitrogens with zero attached hydrogens (tertiary/aromatic N) is 2. The van der Waals surface area contributed by atoms with Gasteiger partial charge in [-0.2, -0.15) is 0 Å². The van der Waals surface area contributed by atoms with Crippen LogP contribution in [0.2, 0.25) is 0 Å². The highest BCUT2D eigenvalue weighted by atomic mass is 14.9. The van der Waals surface area contributed by atoms with E-state index in [9.17, 15) is 0 Å². The third-order valence-electron chi connectivity index (χ3n) is 13.3. The third-order valence-corrected chi connectivity index (χ3v) is 13.3. The molecule has 0 aliphatic heterocycles. The molecule has 1 aliphatic carbocycles. The first-order valence-electron chi connectivity index (χ1n) is 21.8. The highest BCUT2D eigenvalue weighted by Crippen LogP contribution is 2.54. The minimum Gasteiger partial charge on any atom is -0.228 e. The summed E-state index contributed by atoms with van der Waals surface area (Å²) in [5.41, 5.74) is 17.5. The second-order valence-corrected chi connectivity index (χ2v) is 17.3. The van der Waals surface area contributed by atoms with Crippen LogP contribution in [-0.4, -0.2) is 9.97 Å². The minimum absolute atomic E-state index is 0.164. The second-order valence-electron chi connectivity index (χ2n) is 17.3. The first kappa shape index (κ1) is 36.9. The summed E-state index contributed by atoms with van der Waals surface area (Å²) >= 11 is 0. The molecule has 0 amide bonds. The lowest BCUT2D eigenvalue weighted by molar-refractivity contribution is 0.663. The Kier molecular flexibility index (Phi) is 8.55. The first-order valence-corrected chi connectivity index (χ1v) is 21.8. The number of aromatic nitrogens is 2. The zero-order chi connectivity index (χ0) is 42.1. The van der Waals surface area contributed by atoms with Gasteiger partial charge < -0.3 is 0 Å². The molecule has 1 aromatic heterocycles. The first-order chi connectivity index (χ1) is 31.0. The maximum absolute atomic E-state index is 5.31. The van der Waals surface area contributed by atoms with Crippen molar-refractivity contribution >= 4 is 32.3 Å². The molecule has 10 aromatic carbocycles. The van der Waals surface area contributed by atoms with Crippen molar-refractivity contribution in [2.75, 3.05) is 0 Å². The number of hydrogen-bond acceptors (Lipinski definition) is 2. The fourth-order valence-electron chi connectivity index (χ4n) is 10.2. The van der Waals surface area contributed by atoms with Crippen molar-refractivity contribution in [3.63, 3.8) is 0 Å². The van der Waals surface area contributed by atoms with E-state index >= 15 is 0 Å². The SMILES string of the molecule is CC1(C)c2cc3ccccc3cc2-c2cccc(-c3ccc(-c4ccc(-c5nc(-c6ccccc6)cc(-c6ccc(-c7ccccc7)cc6)n5)c5ccccc45)c4ccccc34)c21. The van der Waals surface area contributed by atoms with Gasteiger partial charge in [-0.25, -0.2) is 9.97 Å². The van der Waals surface area contributed by atoms with Crippen LogP contribution in [0.3, 0.4) is 0 Å². The highest BCUT2D eigenvalue weighted by molar-refractivity contribution is 6.12. The molecule has 296 valence electrons. The number of fused-ring (bicyclic) bond motifs is 6. The van der Waals surface area contributed by atoms with Gasteiger partial charge in [0.25, 0.3) is 0 Å². The molecule has 0 unspecified atom stereocenters. The van der Waals surface area contributed by atoms with Crippen molar-refractivity contribution in [1.82, 2.24) is 9.97 Å². The van der Waals surface area contributed by atoms with E-state index in [0.29, 0.717) is 5.82 Å². The summed E-state index contributed by atoms with van der Waals surface area (Å²) < 4.78 is 0. The Balaban J connectivity index is 0.992. The highest BCUT2D eigenvalue weighted by Gasteiger charge is 2.38. The smallest absolute Gasteiger partial charge is 0.161 e. The lowest BCUT2D eigenvalue weighted by Crippen LogP contribution is -2.16. The van der Waals surface area contributed by atoms with Crippen LogP contribution >= 0.6 is 0 Å². The quantitative estimate of drug-likeness (QED) is 0.167. The van der Waals surface area contributed by atoms with Crippen LogP contribution < -0.4 is 0 Å². The fraction of sp³-hybridized carbons (Fsp3) is 0.0492. The average molecular weight is 803 g/mol. The summed E-state index contributed by atoms with van der Waals surface area (Å²) in [5.74, 6) is 0.705. The van der Waals surface area contributed by atoms with Crippen LogP contribution in [0.4, 0.5) is 0 Å². The Morgan fingerprint density at radius 3 is 1.30 bits per heavy atom. The topological polar surface area (TPSA) is 25.8 Å². The molecular formula is C61H42N2. The summed E-state index contributed by atoms with van der Waals surface area (Å²) in [4.78, 5) is 10.6. The van der Waals surface area contributed by atoms with E-state index in [0.717, 1.165) is 33.5 Å². The summed E-state index contributed by atoms with van der Waals surface area (Å²) in [6, 6.07) is 79.0. The molecule has 0 saturated carbocycles. The maximum Gasteiger partial charge on any atom is 0.161 e. The van der Waals surface area contributed by atoms with E-state index in [1.807, 2.05) is 6.07 Å². The van der Waals surface area contributed by atoms with Gasteiger partial charge >= 0.3 is 0 Å². The molecule has 0 fully saturated rings. The molecule has 1 aliphatic rings. The summed E-state index contributed by atoms with van der Waals surface area (Å²) in [5, 5.41) is 7.33. The predicted octanol–water partition coefficient (Wildman–Crippen LogP) is 16.2. The Hall–Kier alpha value is -7.94. The summed E-state index contributed by atoms with van der Waals surface area (Å²) in [6.45, 7) is 4.79. The summed E-state index contributed by atoms with van der Waals surface area (Å²) in [6.07, 6.45) is 0. The molecule has 0 radical (unpaired) electrons. The standard InChI is InChI=1S/C61H42N2/c1-61(2)56-37-44-21-10-9-20-43(44)36-55(56)53-27-15-26-52(59(53)61)51-33-32-49(45-22-11-12-23-46(45)51)50-34-35-54(48-25-14-13-24-47(48)50)60-62-57(41-18-7-4-8-19-41)38-58(63-60)42-30-28-40(29-31-42)39-16-5-3-6-17-39/h3-38H,1-2H3. The van der Waals surface area contributed by atoms with E-state index in [-0.39, 0.29) is 5.41 Å². The van der Waals surface area contributed by atoms with Gasteiger partial charge in [-0.05, 0) is 112 Å². The molecule has 0 atom stereocenters. The number of rotatable bonds is 6. The van der Waals surface area contributed by atoms with E-state index < -0.39 is 0 Å². The van der Waals surface area contributed by atoms with Gasteiger partial charge in [0.2, 0.25) is 0 Å². The van der Waals surface area contributed by atoms with Gasteiger partial charge in [-0.1, -0.05) is 208 Å². The molecule has 1 heterocycles. The molecular weight excluding hydrogens is 761 g/mol. The average Bonchev–Trinajstić information content (AvgIpc) is 3.57. The van der Waals surface area contributed by atoms with Gasteiger partial charge in [0.15, 0.2) is 5.82 Å². The molecule has 0 bridgehead atoms. The van der Waals surface area contributed by atoms with Crippen LogP contribution in [0.25, 0.3) is 111 Å². The second kappa shape index (κ2) is 14.6. The Morgan fingerprint density at radius 1 is 0.302 bits per heavy atom. The largest absolute Gasteiger partial charge is 0.228 e. The lowest BCUT2D eigenvalue weighted by Gasteiger charge is -2.25. The molecule has 12 rings (SSSR count). The van der Waals surface area contributed by atoms with Gasteiger partial charge in [-0.15, -0.1) is 0 Å². The van der Waals surface area contributed by atoms with Crippen molar-refractivity contribution in [2.24, 2.45) is 0 Å². The van der Waals surface area contributed by atoms with Crippen molar-refractivity contribution in [3.05, 3.63) is 230 Å². The normalized spacial score (nSPS) is 12.7. The van der Waals surface area contributed by atoms with Crippen LogP contribution in [0, 0.1) is 0 Å². The van der Waals surface area contributed by atoms with Crippen molar-refractivity contribution in [1.29, 1.82) is 0 Å². The van der Waals surface area contributed by atoms with Gasteiger partial charge in [0, 0.05) is 22.1 Å². The van der Waals surface area contributed by atoms with E-state index in [1.54, 1.807) is 0 Å². The maximum atomic E-state index is 5.31. The van der Waals surface area contributed by atoms with Crippen LogP contribution in [-0.2, 0) is 5.41 Å². The molecule has 0 saturated heterocycles. The number of benzene rings is 10. The van der Waals surface area contributed by atoms with E-state index in [1.165, 1.54) is 82.6 Å². The monoisotopic (exact) mass is 802 g/mol. The van der Waals surface area contributed by atoms with E-state index in [2.05, 4.69) is 226 Å².